The van der Waals surface area contributed by atoms with Crippen molar-refractivity contribution in [1.29, 1.82) is 0 Å². The lowest BCUT2D eigenvalue weighted by atomic mass is 9.95. The molecule has 0 saturated heterocycles. The highest BCUT2D eigenvalue weighted by atomic mass is 14.9. The van der Waals surface area contributed by atoms with E-state index in [4.69, 9.17) is 19.9 Å². The topological polar surface area (TPSA) is 63.6 Å². The second-order valence-corrected chi connectivity index (χ2v) is 15.1. The third kappa shape index (κ3) is 6.58. The summed E-state index contributed by atoms with van der Waals surface area (Å²) in [5.41, 5.74) is 17.3. The van der Waals surface area contributed by atoms with E-state index in [9.17, 15) is 0 Å². The SMILES string of the molecule is C1=Cc2cccc(-c3cccc(-c4cc(-c5ccc(-c6cc(-c7ccccc7)c7ccc8ccc(-c9ccccc9)nc8c7n6)cc5)nc(-c5ccccc5)n4)c3)c2NC1. The summed E-state index contributed by atoms with van der Waals surface area (Å²) in [6.45, 7) is 0.813. The molecule has 10 aromatic rings. The highest BCUT2D eigenvalue weighted by molar-refractivity contribution is 6.09. The van der Waals surface area contributed by atoms with Crippen LogP contribution in [-0.2, 0) is 0 Å². The van der Waals surface area contributed by atoms with Crippen molar-refractivity contribution in [1.82, 2.24) is 19.9 Å². The number of para-hydroxylation sites is 1. The maximum atomic E-state index is 5.37. The summed E-state index contributed by atoms with van der Waals surface area (Å²) in [6.07, 6.45) is 4.34. The van der Waals surface area contributed by atoms with E-state index in [0.29, 0.717) is 5.82 Å². The Bertz CT molecular complexity index is 3230. The molecule has 0 atom stereocenters. The highest BCUT2D eigenvalue weighted by Gasteiger charge is 2.17. The molecule has 7 aromatic carbocycles. The van der Waals surface area contributed by atoms with E-state index >= 15 is 0 Å². The number of nitrogens with zero attached hydrogens (tertiary/aromatic N) is 4. The number of hydrogen-bond acceptors (Lipinski definition) is 5. The molecule has 3 aromatic heterocycles. The molecule has 0 saturated carbocycles. The minimum Gasteiger partial charge on any atom is -0.381 e. The van der Waals surface area contributed by atoms with Crippen molar-refractivity contribution in [3.8, 4) is 78.7 Å². The zero-order valence-electron chi connectivity index (χ0n) is 32.6. The van der Waals surface area contributed by atoms with Crippen LogP contribution >= 0.6 is 0 Å². The van der Waals surface area contributed by atoms with E-state index in [1.165, 1.54) is 11.1 Å². The van der Waals surface area contributed by atoms with Gasteiger partial charge < -0.3 is 5.32 Å². The standard InChI is InChI=1S/C55H37N5/c1-4-13-36(14-5-1)47-34-49(58-54-46(47)30-28-41-29-31-48(57-53(41)54)37-15-6-2-7-16-37)38-24-26-39(27-25-38)50-35-51(60-55(59-50)42-17-8-3-9-18-42)44-21-10-20-43(33-44)45-23-11-19-40-22-12-32-56-52(40)45/h1-31,33-35,56H,32H2. The van der Waals surface area contributed by atoms with Crippen LogP contribution in [0.25, 0.3) is 107 Å². The van der Waals surface area contributed by atoms with Crippen LogP contribution in [0.2, 0.25) is 0 Å². The van der Waals surface area contributed by atoms with Crippen molar-refractivity contribution in [2.24, 2.45) is 0 Å². The predicted octanol–water partition coefficient (Wildman–Crippen LogP) is 13.7. The van der Waals surface area contributed by atoms with Crippen molar-refractivity contribution in [2.45, 2.75) is 0 Å². The fourth-order valence-corrected chi connectivity index (χ4v) is 8.26. The Morgan fingerprint density at radius 3 is 1.70 bits per heavy atom. The number of benzene rings is 7. The number of fused-ring (bicyclic) bond motifs is 4. The highest BCUT2D eigenvalue weighted by Crippen LogP contribution is 2.38. The van der Waals surface area contributed by atoms with E-state index in [1.807, 2.05) is 36.4 Å². The summed E-state index contributed by atoms with van der Waals surface area (Å²) in [4.78, 5) is 20.9. The maximum absolute atomic E-state index is 5.37. The molecule has 0 aliphatic carbocycles. The van der Waals surface area contributed by atoms with E-state index in [2.05, 4.69) is 175 Å². The van der Waals surface area contributed by atoms with Gasteiger partial charge in [0.1, 0.15) is 0 Å². The lowest BCUT2D eigenvalue weighted by Gasteiger charge is -2.18. The Morgan fingerprint density at radius 1 is 0.367 bits per heavy atom. The van der Waals surface area contributed by atoms with Crippen molar-refractivity contribution in [3.05, 3.63) is 206 Å². The van der Waals surface area contributed by atoms with E-state index < -0.39 is 0 Å². The Labute approximate surface area is 348 Å². The molecule has 1 aliphatic heterocycles. The van der Waals surface area contributed by atoms with Gasteiger partial charge >= 0.3 is 0 Å². The first-order valence-electron chi connectivity index (χ1n) is 20.3. The van der Waals surface area contributed by atoms with Crippen molar-refractivity contribution in [3.63, 3.8) is 0 Å². The lowest BCUT2D eigenvalue weighted by molar-refractivity contribution is 1.18. The molecule has 0 spiro atoms. The van der Waals surface area contributed by atoms with Crippen LogP contribution in [0.5, 0.6) is 0 Å². The fourth-order valence-electron chi connectivity index (χ4n) is 8.26. The maximum Gasteiger partial charge on any atom is 0.160 e. The molecule has 0 amide bonds. The smallest absolute Gasteiger partial charge is 0.160 e. The molecule has 1 N–H and O–H groups in total. The van der Waals surface area contributed by atoms with Crippen LogP contribution in [0.3, 0.4) is 0 Å². The summed E-state index contributed by atoms with van der Waals surface area (Å²) < 4.78 is 0. The van der Waals surface area contributed by atoms with Gasteiger partial charge in [-0.15, -0.1) is 0 Å². The first-order chi connectivity index (χ1) is 29.7. The van der Waals surface area contributed by atoms with E-state index in [1.54, 1.807) is 0 Å². The predicted molar refractivity (Wildman–Crippen MR) is 248 cm³/mol. The number of rotatable bonds is 7. The molecule has 0 fully saturated rings. The first-order valence-corrected chi connectivity index (χ1v) is 20.3. The summed E-state index contributed by atoms with van der Waals surface area (Å²) in [5, 5.41) is 5.70. The molecule has 5 nitrogen and oxygen atoms in total. The molecule has 0 unspecified atom stereocenters. The molecule has 1 aliphatic rings. The van der Waals surface area contributed by atoms with Gasteiger partial charge in [0.15, 0.2) is 5.82 Å². The van der Waals surface area contributed by atoms with Crippen LogP contribution in [0.4, 0.5) is 5.69 Å². The first kappa shape index (κ1) is 35.2. The van der Waals surface area contributed by atoms with Crippen LogP contribution in [0.15, 0.2) is 200 Å². The zero-order chi connectivity index (χ0) is 39.8. The number of pyridine rings is 2. The number of aromatic nitrogens is 4. The molecule has 0 bridgehead atoms. The van der Waals surface area contributed by atoms with Crippen LogP contribution in [-0.4, -0.2) is 26.5 Å². The third-order valence-corrected chi connectivity index (χ3v) is 11.3. The fraction of sp³-hybridized carbons (Fsp3) is 0.0182. The van der Waals surface area contributed by atoms with E-state index in [-0.39, 0.29) is 0 Å². The molecule has 11 rings (SSSR count). The summed E-state index contributed by atoms with van der Waals surface area (Å²) in [5.74, 6) is 0.680. The molecule has 0 radical (unpaired) electrons. The number of nitrogens with one attached hydrogen (secondary N) is 1. The van der Waals surface area contributed by atoms with Crippen molar-refractivity contribution >= 4 is 33.6 Å². The van der Waals surface area contributed by atoms with Gasteiger partial charge in [-0.2, -0.15) is 0 Å². The largest absolute Gasteiger partial charge is 0.381 e. The van der Waals surface area contributed by atoms with Crippen molar-refractivity contribution < 1.29 is 0 Å². The Hall–Kier alpha value is -8.02. The minimum atomic E-state index is 0.680. The Balaban J connectivity index is 1.02. The molecular weight excluding hydrogens is 731 g/mol. The minimum absolute atomic E-state index is 0.680. The summed E-state index contributed by atoms with van der Waals surface area (Å²) in [7, 11) is 0. The average molecular weight is 768 g/mol. The van der Waals surface area contributed by atoms with Crippen LogP contribution in [0.1, 0.15) is 5.56 Å². The summed E-state index contributed by atoms with van der Waals surface area (Å²) >= 11 is 0. The van der Waals surface area contributed by atoms with Crippen LogP contribution in [0, 0.1) is 0 Å². The van der Waals surface area contributed by atoms with Gasteiger partial charge in [-0.05, 0) is 46.5 Å². The van der Waals surface area contributed by atoms with Gasteiger partial charge in [0, 0.05) is 56.4 Å². The lowest BCUT2D eigenvalue weighted by Crippen LogP contribution is -2.05. The van der Waals surface area contributed by atoms with E-state index in [0.717, 1.165) is 101 Å². The Kier molecular flexibility index (Phi) is 8.82. The normalized spacial score (nSPS) is 12.0. The second kappa shape index (κ2) is 15.1. The van der Waals surface area contributed by atoms with Crippen molar-refractivity contribution in [2.75, 3.05) is 11.9 Å². The van der Waals surface area contributed by atoms with Gasteiger partial charge in [-0.25, -0.2) is 19.9 Å². The van der Waals surface area contributed by atoms with Gasteiger partial charge in [-0.1, -0.05) is 182 Å². The van der Waals surface area contributed by atoms with Crippen LogP contribution < -0.4 is 5.32 Å². The zero-order valence-corrected chi connectivity index (χ0v) is 32.6. The molecule has 4 heterocycles. The van der Waals surface area contributed by atoms with Gasteiger partial charge in [0.2, 0.25) is 0 Å². The molecule has 282 valence electrons. The Morgan fingerprint density at radius 2 is 0.950 bits per heavy atom. The van der Waals surface area contributed by atoms with Gasteiger partial charge in [0.05, 0.1) is 33.8 Å². The second-order valence-electron chi connectivity index (χ2n) is 15.1. The molecular formula is C55H37N5. The average Bonchev–Trinajstić information content (AvgIpc) is 3.34. The molecule has 60 heavy (non-hydrogen) atoms. The van der Waals surface area contributed by atoms with Gasteiger partial charge in [0.25, 0.3) is 0 Å². The third-order valence-electron chi connectivity index (χ3n) is 11.3. The van der Waals surface area contributed by atoms with Gasteiger partial charge in [-0.3, -0.25) is 0 Å². The summed E-state index contributed by atoms with van der Waals surface area (Å²) in [6, 6.07) is 67.7. The molecule has 5 heteroatoms. The monoisotopic (exact) mass is 767 g/mol. The quantitative estimate of drug-likeness (QED) is 0.164. The number of anilines is 1. The number of hydrogen-bond donors (Lipinski definition) is 1.